The third kappa shape index (κ3) is 5.02. The van der Waals surface area contributed by atoms with Crippen LogP contribution in [0.3, 0.4) is 0 Å². The highest BCUT2D eigenvalue weighted by Gasteiger charge is 2.15. The molecule has 1 aliphatic heterocycles. The zero-order valence-corrected chi connectivity index (χ0v) is 12.8. The summed E-state index contributed by atoms with van der Waals surface area (Å²) in [6, 6.07) is 1.47. The summed E-state index contributed by atoms with van der Waals surface area (Å²) in [6.07, 6.45) is 3.13. The van der Waals surface area contributed by atoms with Gasteiger partial charge in [-0.25, -0.2) is 4.79 Å². The number of aliphatic hydroxyl groups excluding tert-OH is 1. The number of piperidine rings is 1. The van der Waals surface area contributed by atoms with Gasteiger partial charge in [0.1, 0.15) is 5.82 Å². The van der Waals surface area contributed by atoms with E-state index in [9.17, 15) is 9.90 Å². The summed E-state index contributed by atoms with van der Waals surface area (Å²) in [5.74, 6) is 0.635. The number of β-amino-alcohol motifs (C(OH)–C–C–N with tert-alkyl or cyclic N) is 1. The molecule has 0 bridgehead atoms. The summed E-state index contributed by atoms with van der Waals surface area (Å²) in [6.45, 7) is 4.81. The van der Waals surface area contributed by atoms with E-state index in [-0.39, 0.29) is 12.6 Å². The lowest BCUT2D eigenvalue weighted by Crippen LogP contribution is -2.43. The topological polar surface area (TPSA) is 82.4 Å². The number of rotatable bonds is 5. The van der Waals surface area contributed by atoms with E-state index in [1.54, 1.807) is 17.8 Å². The van der Waals surface area contributed by atoms with Crippen molar-refractivity contribution >= 4 is 11.8 Å². The van der Waals surface area contributed by atoms with Crippen molar-refractivity contribution in [3.63, 3.8) is 0 Å². The van der Waals surface area contributed by atoms with Gasteiger partial charge in [0.25, 0.3) is 0 Å². The molecule has 7 heteroatoms. The lowest BCUT2D eigenvalue weighted by atomic mass is 10.1. The number of aliphatic hydroxyl groups is 1. The molecule has 1 aromatic heterocycles. The molecule has 0 saturated carbocycles. The number of anilines is 1. The number of carbonyl (C=O) groups excluding carboxylic acids is 1. The van der Waals surface area contributed by atoms with Crippen LogP contribution in [-0.2, 0) is 7.05 Å². The highest BCUT2D eigenvalue weighted by Crippen LogP contribution is 2.09. The van der Waals surface area contributed by atoms with Gasteiger partial charge in [0.2, 0.25) is 0 Å². The zero-order chi connectivity index (χ0) is 15.2. The van der Waals surface area contributed by atoms with Crippen molar-refractivity contribution in [3.8, 4) is 0 Å². The first-order valence-electron chi connectivity index (χ1n) is 7.50. The first kappa shape index (κ1) is 15.8. The Morgan fingerprint density at radius 1 is 1.43 bits per heavy atom. The summed E-state index contributed by atoms with van der Waals surface area (Å²) in [7, 11) is 1.77. The van der Waals surface area contributed by atoms with E-state index in [4.69, 9.17) is 0 Å². The fraction of sp³-hybridized carbons (Fsp3) is 0.714. The fourth-order valence-electron chi connectivity index (χ4n) is 2.60. The number of hydrogen-bond acceptors (Lipinski definition) is 4. The molecule has 2 amide bonds. The van der Waals surface area contributed by atoms with Gasteiger partial charge in [0.15, 0.2) is 0 Å². The Morgan fingerprint density at radius 3 is 2.76 bits per heavy atom. The van der Waals surface area contributed by atoms with Crippen LogP contribution < -0.4 is 10.6 Å². The molecule has 3 N–H and O–H groups in total. The molecule has 118 valence electrons. The van der Waals surface area contributed by atoms with E-state index in [0.717, 1.165) is 18.8 Å². The van der Waals surface area contributed by atoms with Gasteiger partial charge in [-0.2, -0.15) is 5.10 Å². The maximum atomic E-state index is 11.8. The Morgan fingerprint density at radius 2 is 2.14 bits per heavy atom. The number of aryl methyl sites for hydroxylation is 2. The first-order valence-corrected chi connectivity index (χ1v) is 7.50. The van der Waals surface area contributed by atoms with Gasteiger partial charge >= 0.3 is 6.03 Å². The van der Waals surface area contributed by atoms with Gasteiger partial charge in [0, 0.05) is 26.2 Å². The number of amides is 2. The van der Waals surface area contributed by atoms with E-state index >= 15 is 0 Å². The third-order valence-corrected chi connectivity index (χ3v) is 3.66. The Labute approximate surface area is 125 Å². The molecule has 21 heavy (non-hydrogen) atoms. The summed E-state index contributed by atoms with van der Waals surface area (Å²) in [4.78, 5) is 14.0. The average Bonchev–Trinajstić information content (AvgIpc) is 2.76. The van der Waals surface area contributed by atoms with E-state index in [1.807, 2.05) is 6.92 Å². The van der Waals surface area contributed by atoms with Gasteiger partial charge in [-0.3, -0.25) is 10.00 Å². The van der Waals surface area contributed by atoms with Gasteiger partial charge in [-0.15, -0.1) is 0 Å². The van der Waals surface area contributed by atoms with Crippen LogP contribution in [0.15, 0.2) is 6.07 Å². The largest absolute Gasteiger partial charge is 0.390 e. The molecule has 2 rings (SSSR count). The standard InChI is InChI=1S/C14H25N5O2/c1-11-8-13(18(2)17-11)16-14(21)15-9-12(20)10-19-6-4-3-5-7-19/h8,12,20H,3-7,9-10H2,1-2H3,(H2,15,16,21)/t12-/m0/s1. The van der Waals surface area contributed by atoms with Gasteiger partial charge in [-0.1, -0.05) is 6.42 Å². The average molecular weight is 295 g/mol. The maximum Gasteiger partial charge on any atom is 0.320 e. The van der Waals surface area contributed by atoms with Crippen molar-refractivity contribution in [3.05, 3.63) is 11.8 Å². The number of hydrogen-bond donors (Lipinski definition) is 3. The molecule has 0 aliphatic carbocycles. The molecule has 2 heterocycles. The predicted molar refractivity (Wildman–Crippen MR) is 81.3 cm³/mol. The number of nitrogens with one attached hydrogen (secondary N) is 2. The highest BCUT2D eigenvalue weighted by molar-refractivity contribution is 5.88. The molecule has 7 nitrogen and oxygen atoms in total. The summed E-state index contributed by atoms with van der Waals surface area (Å²) in [5.41, 5.74) is 0.845. The van der Waals surface area contributed by atoms with Crippen LogP contribution >= 0.6 is 0 Å². The molecule has 0 spiro atoms. The zero-order valence-electron chi connectivity index (χ0n) is 12.8. The number of carbonyl (C=O) groups is 1. The Hall–Kier alpha value is -1.60. The van der Waals surface area contributed by atoms with Crippen LogP contribution in [0.2, 0.25) is 0 Å². The van der Waals surface area contributed by atoms with Crippen LogP contribution in [0.4, 0.5) is 10.6 Å². The minimum absolute atomic E-state index is 0.249. The van der Waals surface area contributed by atoms with E-state index in [1.165, 1.54) is 19.3 Å². The molecule has 1 aliphatic rings. The molecular weight excluding hydrogens is 270 g/mol. The molecule has 1 aromatic rings. The SMILES string of the molecule is Cc1cc(NC(=O)NC[C@H](O)CN2CCCCC2)n(C)n1. The number of urea groups is 1. The van der Waals surface area contributed by atoms with E-state index in [0.29, 0.717) is 12.4 Å². The monoisotopic (exact) mass is 295 g/mol. The maximum absolute atomic E-state index is 11.8. The number of likely N-dealkylation sites (tertiary alicyclic amines) is 1. The van der Waals surface area contributed by atoms with Crippen molar-refractivity contribution < 1.29 is 9.90 Å². The second-order valence-corrected chi connectivity index (χ2v) is 5.64. The number of nitrogens with zero attached hydrogens (tertiary/aromatic N) is 3. The Kier molecular flexibility index (Phi) is 5.58. The van der Waals surface area contributed by atoms with Crippen LogP contribution in [0.25, 0.3) is 0 Å². The molecule has 1 atom stereocenters. The van der Waals surface area contributed by atoms with Crippen molar-refractivity contribution in [2.45, 2.75) is 32.3 Å². The molecule has 1 saturated heterocycles. The van der Waals surface area contributed by atoms with Crippen LogP contribution in [-0.4, -0.2) is 58.1 Å². The quantitative estimate of drug-likeness (QED) is 0.746. The lowest BCUT2D eigenvalue weighted by molar-refractivity contribution is 0.102. The van der Waals surface area contributed by atoms with Crippen molar-refractivity contribution in [2.24, 2.45) is 7.05 Å². The summed E-state index contributed by atoms with van der Waals surface area (Å²) < 4.78 is 1.61. The molecule has 0 unspecified atom stereocenters. The second kappa shape index (κ2) is 7.42. The summed E-state index contributed by atoms with van der Waals surface area (Å²) >= 11 is 0. The van der Waals surface area contributed by atoms with Crippen molar-refractivity contribution in [1.29, 1.82) is 0 Å². The number of aromatic nitrogens is 2. The van der Waals surface area contributed by atoms with Crippen LogP contribution in [0, 0.1) is 6.92 Å². The second-order valence-electron chi connectivity index (χ2n) is 5.64. The van der Waals surface area contributed by atoms with E-state index < -0.39 is 6.10 Å². The minimum Gasteiger partial charge on any atom is -0.390 e. The predicted octanol–water partition coefficient (Wildman–Crippen LogP) is 0.697. The highest BCUT2D eigenvalue weighted by atomic mass is 16.3. The van der Waals surface area contributed by atoms with Crippen molar-refractivity contribution in [1.82, 2.24) is 20.0 Å². The molecule has 1 fully saturated rings. The van der Waals surface area contributed by atoms with Gasteiger partial charge < -0.3 is 15.3 Å². The van der Waals surface area contributed by atoms with Crippen LogP contribution in [0.5, 0.6) is 0 Å². The normalized spacial score (nSPS) is 17.5. The van der Waals surface area contributed by atoms with E-state index in [2.05, 4.69) is 20.6 Å². The lowest BCUT2D eigenvalue weighted by Gasteiger charge is -2.28. The molecule has 0 radical (unpaired) electrons. The van der Waals surface area contributed by atoms with Gasteiger partial charge in [-0.05, 0) is 32.9 Å². The van der Waals surface area contributed by atoms with Gasteiger partial charge in [0.05, 0.1) is 11.8 Å². The summed E-state index contributed by atoms with van der Waals surface area (Å²) in [5, 5.41) is 19.5. The fourth-order valence-corrected chi connectivity index (χ4v) is 2.60. The molecular formula is C14H25N5O2. The van der Waals surface area contributed by atoms with Crippen molar-refractivity contribution in [2.75, 3.05) is 31.5 Å². The minimum atomic E-state index is -0.540. The third-order valence-electron chi connectivity index (χ3n) is 3.66. The molecule has 0 aromatic carbocycles. The smallest absolute Gasteiger partial charge is 0.320 e. The first-order chi connectivity index (χ1) is 10.0. The van der Waals surface area contributed by atoms with Crippen LogP contribution in [0.1, 0.15) is 25.0 Å². The Balaban J connectivity index is 1.69. The Bertz CT molecular complexity index is 468.